The number of rotatable bonds is 4. The first-order valence-electron chi connectivity index (χ1n) is 5.34. The summed E-state index contributed by atoms with van der Waals surface area (Å²) in [5.41, 5.74) is 0. The maximum Gasteiger partial charge on any atom is 0.401 e. The lowest BCUT2D eigenvalue weighted by Crippen LogP contribution is -2.28. The molecule has 1 saturated heterocycles. The van der Waals surface area contributed by atoms with Crippen molar-refractivity contribution in [3.05, 3.63) is 11.7 Å². The van der Waals surface area contributed by atoms with E-state index in [1.807, 2.05) is 0 Å². The molecule has 0 radical (unpaired) electrons. The minimum Gasteiger partial charge on any atom is -0.376 e. The van der Waals surface area contributed by atoms with Crippen molar-refractivity contribution < 1.29 is 27.2 Å². The number of hydrogen-bond donors (Lipinski definition) is 1. The number of ether oxygens (including phenoxy) is 2. The maximum atomic E-state index is 11.9. The van der Waals surface area contributed by atoms with E-state index in [0.717, 1.165) is 0 Å². The van der Waals surface area contributed by atoms with Crippen LogP contribution in [0.1, 0.15) is 17.8 Å². The number of hydrogen-bond acceptors (Lipinski definition) is 6. The lowest BCUT2D eigenvalue weighted by Gasteiger charge is -2.19. The fraction of sp³-hybridized carbons (Fsp3) is 0.778. The van der Waals surface area contributed by atoms with Crippen molar-refractivity contribution in [1.82, 2.24) is 15.5 Å². The highest BCUT2D eigenvalue weighted by atomic mass is 19.4. The highest BCUT2D eigenvalue weighted by molar-refractivity contribution is 4.92. The van der Waals surface area contributed by atoms with Crippen LogP contribution in [-0.2, 0) is 16.0 Å². The third-order valence-electron chi connectivity index (χ3n) is 2.19. The van der Waals surface area contributed by atoms with Gasteiger partial charge in [0, 0.05) is 0 Å². The first kappa shape index (κ1) is 13.2. The summed E-state index contributed by atoms with van der Waals surface area (Å²) in [5, 5.41) is 5.81. The molecule has 1 atom stereocenters. The molecule has 0 aromatic carbocycles. The Balaban J connectivity index is 1.82. The van der Waals surface area contributed by atoms with Gasteiger partial charge in [-0.3, -0.25) is 0 Å². The second-order valence-electron chi connectivity index (χ2n) is 3.70. The summed E-state index contributed by atoms with van der Waals surface area (Å²) in [6.07, 6.45) is -4.68. The van der Waals surface area contributed by atoms with Crippen LogP contribution in [-0.4, -0.2) is 42.7 Å². The Labute approximate surface area is 100 Å². The first-order valence-corrected chi connectivity index (χ1v) is 5.34. The molecule has 0 saturated carbocycles. The van der Waals surface area contributed by atoms with Gasteiger partial charge in [-0.05, 0) is 0 Å². The molecule has 6 nitrogen and oxygen atoms in total. The average Bonchev–Trinajstić information content (AvgIpc) is 2.77. The lowest BCUT2D eigenvalue weighted by molar-refractivity contribution is -0.125. The Bertz CT molecular complexity index is 377. The third kappa shape index (κ3) is 3.93. The van der Waals surface area contributed by atoms with Crippen molar-refractivity contribution in [2.24, 2.45) is 0 Å². The first-order chi connectivity index (χ1) is 8.54. The van der Waals surface area contributed by atoms with E-state index in [4.69, 9.17) is 14.0 Å². The Morgan fingerprint density at radius 3 is 2.83 bits per heavy atom. The molecule has 1 unspecified atom stereocenters. The topological polar surface area (TPSA) is 69.4 Å². The number of halogens is 3. The van der Waals surface area contributed by atoms with Crippen molar-refractivity contribution in [3.8, 4) is 0 Å². The van der Waals surface area contributed by atoms with E-state index < -0.39 is 18.8 Å². The van der Waals surface area contributed by atoms with Crippen LogP contribution in [0, 0.1) is 0 Å². The fourth-order valence-corrected chi connectivity index (χ4v) is 1.42. The summed E-state index contributed by atoms with van der Waals surface area (Å²) < 4.78 is 51.0. The summed E-state index contributed by atoms with van der Waals surface area (Å²) in [6.45, 7) is 0.0119. The Hall–Kier alpha value is -1.19. The Kier molecular flexibility index (Phi) is 4.15. The van der Waals surface area contributed by atoms with Crippen LogP contribution in [0.5, 0.6) is 0 Å². The molecule has 1 N–H and O–H groups in total. The maximum absolute atomic E-state index is 11.9. The molecule has 102 valence electrons. The van der Waals surface area contributed by atoms with Crippen molar-refractivity contribution in [1.29, 1.82) is 0 Å². The monoisotopic (exact) mass is 267 g/mol. The minimum absolute atomic E-state index is 0.0865. The van der Waals surface area contributed by atoms with E-state index in [2.05, 4.69) is 15.5 Å². The van der Waals surface area contributed by atoms with Gasteiger partial charge >= 0.3 is 6.18 Å². The van der Waals surface area contributed by atoms with Gasteiger partial charge in [0.2, 0.25) is 11.7 Å². The molecule has 0 spiro atoms. The van der Waals surface area contributed by atoms with Crippen LogP contribution in [0.4, 0.5) is 13.2 Å². The quantitative estimate of drug-likeness (QED) is 0.870. The summed E-state index contributed by atoms with van der Waals surface area (Å²) in [6, 6.07) is 0. The molecule has 1 fully saturated rings. The molecule has 1 aliphatic rings. The van der Waals surface area contributed by atoms with Crippen LogP contribution in [0.15, 0.2) is 4.52 Å². The molecule has 2 heterocycles. The van der Waals surface area contributed by atoms with Crippen molar-refractivity contribution in [2.75, 3.05) is 26.4 Å². The fourth-order valence-electron chi connectivity index (χ4n) is 1.42. The predicted molar refractivity (Wildman–Crippen MR) is 51.6 cm³/mol. The second kappa shape index (κ2) is 5.63. The molecule has 9 heteroatoms. The zero-order chi connectivity index (χ0) is 13.0. The van der Waals surface area contributed by atoms with Gasteiger partial charge in [0.25, 0.3) is 0 Å². The largest absolute Gasteiger partial charge is 0.401 e. The summed E-state index contributed by atoms with van der Waals surface area (Å²) in [4.78, 5) is 3.94. The Morgan fingerprint density at radius 1 is 1.33 bits per heavy atom. The SMILES string of the molecule is FC(F)(F)CNCc1nc(C2COCCO2)no1. The lowest BCUT2D eigenvalue weighted by atomic mass is 10.3. The van der Waals surface area contributed by atoms with Crippen molar-refractivity contribution in [3.63, 3.8) is 0 Å². The van der Waals surface area contributed by atoms with E-state index in [9.17, 15) is 13.2 Å². The minimum atomic E-state index is -4.26. The number of aromatic nitrogens is 2. The number of alkyl halides is 3. The summed E-state index contributed by atoms with van der Waals surface area (Å²) in [5.74, 6) is 0.377. The highest BCUT2D eigenvalue weighted by Gasteiger charge is 2.27. The second-order valence-corrected chi connectivity index (χ2v) is 3.70. The number of nitrogens with zero attached hydrogens (tertiary/aromatic N) is 2. The standard InChI is InChI=1S/C9H12F3N3O3/c10-9(11,12)5-13-3-7-14-8(15-18-7)6-4-16-1-2-17-6/h6,13H,1-5H2. The van der Waals surface area contributed by atoms with E-state index in [1.165, 1.54) is 0 Å². The van der Waals surface area contributed by atoms with Gasteiger partial charge in [0.05, 0.1) is 32.9 Å². The molecular formula is C9H12F3N3O3. The van der Waals surface area contributed by atoms with Gasteiger partial charge in [-0.15, -0.1) is 0 Å². The molecular weight excluding hydrogens is 255 g/mol. The van der Waals surface area contributed by atoms with Gasteiger partial charge < -0.3 is 19.3 Å². The van der Waals surface area contributed by atoms with Crippen LogP contribution < -0.4 is 5.32 Å². The van der Waals surface area contributed by atoms with Gasteiger partial charge in [-0.1, -0.05) is 5.16 Å². The van der Waals surface area contributed by atoms with E-state index in [-0.39, 0.29) is 12.4 Å². The van der Waals surface area contributed by atoms with Gasteiger partial charge in [-0.2, -0.15) is 18.2 Å². The average molecular weight is 267 g/mol. The summed E-state index contributed by atoms with van der Waals surface area (Å²) >= 11 is 0. The highest BCUT2D eigenvalue weighted by Crippen LogP contribution is 2.17. The normalized spacial score (nSPS) is 21.2. The molecule has 1 aliphatic heterocycles. The summed E-state index contributed by atoms with van der Waals surface area (Å²) in [7, 11) is 0. The van der Waals surface area contributed by atoms with Crippen LogP contribution in [0.25, 0.3) is 0 Å². The zero-order valence-corrected chi connectivity index (χ0v) is 9.37. The molecule has 0 aliphatic carbocycles. The smallest absolute Gasteiger partial charge is 0.376 e. The van der Waals surface area contributed by atoms with Gasteiger partial charge in [0.1, 0.15) is 6.10 Å². The van der Waals surface area contributed by atoms with Crippen LogP contribution in [0.3, 0.4) is 0 Å². The van der Waals surface area contributed by atoms with Crippen LogP contribution >= 0.6 is 0 Å². The molecule has 0 bridgehead atoms. The van der Waals surface area contributed by atoms with E-state index >= 15 is 0 Å². The molecule has 0 amide bonds. The third-order valence-corrected chi connectivity index (χ3v) is 2.19. The van der Waals surface area contributed by atoms with E-state index in [0.29, 0.717) is 25.6 Å². The van der Waals surface area contributed by atoms with Crippen LogP contribution in [0.2, 0.25) is 0 Å². The van der Waals surface area contributed by atoms with E-state index in [1.54, 1.807) is 0 Å². The molecule has 1 aromatic rings. The van der Waals surface area contributed by atoms with Gasteiger partial charge in [-0.25, -0.2) is 0 Å². The molecule has 18 heavy (non-hydrogen) atoms. The molecule has 1 aromatic heterocycles. The van der Waals surface area contributed by atoms with Crippen molar-refractivity contribution >= 4 is 0 Å². The Morgan fingerprint density at radius 2 is 2.17 bits per heavy atom. The number of nitrogens with one attached hydrogen (secondary N) is 1. The predicted octanol–water partition coefficient (Wildman–Crippen LogP) is 0.809. The molecule has 2 rings (SSSR count). The van der Waals surface area contributed by atoms with Crippen molar-refractivity contribution in [2.45, 2.75) is 18.8 Å². The zero-order valence-electron chi connectivity index (χ0n) is 9.37. The van der Waals surface area contributed by atoms with Gasteiger partial charge in [0.15, 0.2) is 0 Å².